The Labute approximate surface area is 125 Å². The lowest BCUT2D eigenvalue weighted by Gasteiger charge is -2.20. The highest BCUT2D eigenvalue weighted by Crippen LogP contribution is 2.19. The number of halogens is 1. The van der Waals surface area contributed by atoms with Crippen LogP contribution in [0.4, 0.5) is 0 Å². The molecule has 20 heavy (non-hydrogen) atoms. The van der Waals surface area contributed by atoms with Crippen LogP contribution in [0.15, 0.2) is 54.6 Å². The van der Waals surface area contributed by atoms with E-state index in [0.717, 1.165) is 22.7 Å². The highest BCUT2D eigenvalue weighted by molar-refractivity contribution is 6.31. The van der Waals surface area contributed by atoms with Gasteiger partial charge in [0.15, 0.2) is 0 Å². The highest BCUT2D eigenvalue weighted by Gasteiger charge is 2.13. The van der Waals surface area contributed by atoms with Crippen LogP contribution in [0.25, 0.3) is 0 Å². The Morgan fingerprint density at radius 2 is 1.75 bits per heavy atom. The van der Waals surface area contributed by atoms with E-state index in [1.54, 1.807) is 0 Å². The summed E-state index contributed by atoms with van der Waals surface area (Å²) in [5, 5.41) is 10.1. The van der Waals surface area contributed by atoms with E-state index in [4.69, 9.17) is 11.6 Å². The third-order valence-electron chi connectivity index (χ3n) is 3.25. The van der Waals surface area contributed by atoms with Crippen molar-refractivity contribution in [1.82, 2.24) is 4.90 Å². The first-order chi connectivity index (χ1) is 9.70. The van der Waals surface area contributed by atoms with Gasteiger partial charge in [0.05, 0.1) is 12.0 Å². The van der Waals surface area contributed by atoms with Gasteiger partial charge in [-0.05, 0) is 24.2 Å². The lowest BCUT2D eigenvalue weighted by molar-refractivity contribution is 0.320. The molecule has 0 amide bonds. The van der Waals surface area contributed by atoms with Gasteiger partial charge in [0.1, 0.15) is 0 Å². The number of nitrogens with zero attached hydrogens (tertiary/aromatic N) is 2. The number of nitriles is 1. The summed E-state index contributed by atoms with van der Waals surface area (Å²) in [7, 11) is 2.01. The van der Waals surface area contributed by atoms with Crippen LogP contribution in [0.2, 0.25) is 5.02 Å². The molecule has 1 unspecified atom stereocenters. The van der Waals surface area contributed by atoms with Crippen LogP contribution < -0.4 is 0 Å². The second-order valence-corrected chi connectivity index (χ2v) is 5.29. The second kappa shape index (κ2) is 7.09. The van der Waals surface area contributed by atoms with Crippen molar-refractivity contribution in [1.29, 1.82) is 5.26 Å². The number of rotatable bonds is 5. The van der Waals surface area contributed by atoms with Crippen LogP contribution in [-0.4, -0.2) is 18.5 Å². The molecule has 0 radical (unpaired) electrons. The van der Waals surface area contributed by atoms with Gasteiger partial charge >= 0.3 is 0 Å². The molecule has 2 rings (SSSR count). The summed E-state index contributed by atoms with van der Waals surface area (Å²) in [6.07, 6.45) is 0. The fourth-order valence-electron chi connectivity index (χ4n) is 2.20. The first-order valence-corrected chi connectivity index (χ1v) is 6.95. The van der Waals surface area contributed by atoms with Crippen LogP contribution in [-0.2, 0) is 6.54 Å². The molecule has 0 saturated heterocycles. The Balaban J connectivity index is 2.02. The summed E-state index contributed by atoms with van der Waals surface area (Å²) in [4.78, 5) is 2.13. The molecular weight excluding hydrogens is 268 g/mol. The number of benzene rings is 2. The van der Waals surface area contributed by atoms with Gasteiger partial charge in [-0.25, -0.2) is 0 Å². The Hall–Kier alpha value is -1.82. The van der Waals surface area contributed by atoms with Gasteiger partial charge in [0.25, 0.3) is 0 Å². The van der Waals surface area contributed by atoms with Crippen molar-refractivity contribution in [3.8, 4) is 6.07 Å². The van der Waals surface area contributed by atoms with E-state index in [9.17, 15) is 5.26 Å². The molecule has 3 heteroatoms. The van der Waals surface area contributed by atoms with Crippen molar-refractivity contribution < 1.29 is 0 Å². The van der Waals surface area contributed by atoms with E-state index in [-0.39, 0.29) is 5.92 Å². The molecule has 2 aromatic carbocycles. The molecular formula is C17H17ClN2. The largest absolute Gasteiger partial charge is 0.300 e. The van der Waals surface area contributed by atoms with Gasteiger partial charge in [-0.1, -0.05) is 60.1 Å². The van der Waals surface area contributed by atoms with E-state index in [2.05, 4.69) is 11.0 Å². The van der Waals surface area contributed by atoms with E-state index in [1.165, 1.54) is 0 Å². The molecule has 0 fully saturated rings. The first kappa shape index (κ1) is 14.6. The van der Waals surface area contributed by atoms with Crippen LogP contribution in [0.3, 0.4) is 0 Å². The van der Waals surface area contributed by atoms with Crippen LogP contribution in [0, 0.1) is 11.3 Å². The Kier molecular flexibility index (Phi) is 5.17. The maximum absolute atomic E-state index is 9.35. The molecule has 2 aromatic rings. The fourth-order valence-corrected chi connectivity index (χ4v) is 2.40. The van der Waals surface area contributed by atoms with E-state index < -0.39 is 0 Å². The van der Waals surface area contributed by atoms with Crippen molar-refractivity contribution in [3.63, 3.8) is 0 Å². The van der Waals surface area contributed by atoms with E-state index in [1.807, 2.05) is 61.6 Å². The van der Waals surface area contributed by atoms with Crippen molar-refractivity contribution >= 4 is 11.6 Å². The molecule has 0 spiro atoms. The predicted molar refractivity (Wildman–Crippen MR) is 82.6 cm³/mol. The normalized spacial score (nSPS) is 12.1. The molecule has 0 N–H and O–H groups in total. The van der Waals surface area contributed by atoms with Crippen LogP contribution in [0.1, 0.15) is 17.0 Å². The summed E-state index contributed by atoms with van der Waals surface area (Å²) in [5.74, 6) is -0.122. The van der Waals surface area contributed by atoms with E-state index >= 15 is 0 Å². The lowest BCUT2D eigenvalue weighted by atomic mass is 10.00. The topological polar surface area (TPSA) is 27.0 Å². The Bertz CT molecular complexity index is 589. The summed E-state index contributed by atoms with van der Waals surface area (Å²) < 4.78 is 0. The zero-order valence-electron chi connectivity index (χ0n) is 11.5. The number of likely N-dealkylation sites (N-methyl/N-ethyl adjacent to an activating group) is 1. The maximum atomic E-state index is 9.35. The van der Waals surface area contributed by atoms with Crippen LogP contribution in [0.5, 0.6) is 0 Å². The smallest absolute Gasteiger partial charge is 0.0839 e. The van der Waals surface area contributed by atoms with Gasteiger partial charge in [-0.2, -0.15) is 5.26 Å². The summed E-state index contributed by atoms with van der Waals surface area (Å²) in [6.45, 7) is 1.43. The highest BCUT2D eigenvalue weighted by atomic mass is 35.5. The molecule has 0 saturated carbocycles. The van der Waals surface area contributed by atoms with E-state index in [0.29, 0.717) is 6.54 Å². The second-order valence-electron chi connectivity index (χ2n) is 4.88. The standard InChI is InChI=1S/C17H17ClN2/c1-20(12-15-9-5-6-10-17(15)18)13-16(11-19)14-7-3-2-4-8-14/h2-10,16H,12-13H2,1H3. The average Bonchev–Trinajstić information content (AvgIpc) is 2.48. The van der Waals surface area contributed by atoms with Crippen molar-refractivity contribution in [2.75, 3.05) is 13.6 Å². The monoisotopic (exact) mass is 284 g/mol. The van der Waals surface area contributed by atoms with Crippen molar-refractivity contribution in [2.45, 2.75) is 12.5 Å². The van der Waals surface area contributed by atoms with Gasteiger partial charge < -0.3 is 4.90 Å². The summed E-state index contributed by atoms with van der Waals surface area (Å²) in [5.41, 5.74) is 2.14. The van der Waals surface area contributed by atoms with Gasteiger partial charge in [-0.3, -0.25) is 0 Å². The number of hydrogen-bond acceptors (Lipinski definition) is 2. The Morgan fingerprint density at radius 1 is 1.10 bits per heavy atom. The molecule has 2 nitrogen and oxygen atoms in total. The van der Waals surface area contributed by atoms with Crippen molar-refractivity contribution in [3.05, 3.63) is 70.7 Å². The Morgan fingerprint density at radius 3 is 2.40 bits per heavy atom. The molecule has 102 valence electrons. The first-order valence-electron chi connectivity index (χ1n) is 6.57. The minimum absolute atomic E-state index is 0.122. The van der Waals surface area contributed by atoms with Gasteiger partial charge in [-0.15, -0.1) is 0 Å². The molecule has 0 aliphatic rings. The average molecular weight is 285 g/mol. The third kappa shape index (κ3) is 3.84. The van der Waals surface area contributed by atoms with Crippen LogP contribution >= 0.6 is 11.6 Å². The lowest BCUT2D eigenvalue weighted by Crippen LogP contribution is -2.23. The summed E-state index contributed by atoms with van der Waals surface area (Å²) in [6, 6.07) is 20.1. The summed E-state index contributed by atoms with van der Waals surface area (Å²) >= 11 is 6.16. The minimum Gasteiger partial charge on any atom is -0.300 e. The van der Waals surface area contributed by atoms with Crippen molar-refractivity contribution in [2.24, 2.45) is 0 Å². The molecule has 1 atom stereocenters. The number of hydrogen-bond donors (Lipinski definition) is 0. The SMILES string of the molecule is CN(Cc1ccccc1Cl)CC(C#N)c1ccccc1. The van der Waals surface area contributed by atoms with Gasteiger partial charge in [0, 0.05) is 18.1 Å². The quantitative estimate of drug-likeness (QED) is 0.827. The maximum Gasteiger partial charge on any atom is 0.0839 e. The molecule has 0 heterocycles. The predicted octanol–water partition coefficient (Wildman–Crippen LogP) is 4.08. The molecule has 0 bridgehead atoms. The zero-order chi connectivity index (χ0) is 14.4. The fraction of sp³-hybridized carbons (Fsp3) is 0.235. The molecule has 0 aromatic heterocycles. The molecule has 0 aliphatic carbocycles. The zero-order valence-corrected chi connectivity index (χ0v) is 12.2. The third-order valence-corrected chi connectivity index (χ3v) is 3.62. The van der Waals surface area contributed by atoms with Gasteiger partial charge in [0.2, 0.25) is 0 Å². The molecule has 0 aliphatic heterocycles. The minimum atomic E-state index is -0.122.